The molecule has 25 heavy (non-hydrogen) atoms. The van der Waals surface area contributed by atoms with Crippen LogP contribution in [0.3, 0.4) is 0 Å². The SMILES string of the molecule is Cc1ccc(S(=O)(=O)NCC(c2cccn2C)N2CCCC2)c(C)c1. The number of sulfonamides is 1. The minimum atomic E-state index is -3.52. The molecular weight excluding hydrogens is 334 g/mol. The van der Waals surface area contributed by atoms with Crippen molar-refractivity contribution in [1.29, 1.82) is 0 Å². The zero-order valence-corrected chi connectivity index (χ0v) is 16.0. The molecule has 3 rings (SSSR count). The van der Waals surface area contributed by atoms with Gasteiger partial charge in [0, 0.05) is 25.5 Å². The maximum Gasteiger partial charge on any atom is 0.240 e. The number of nitrogens with one attached hydrogen (secondary N) is 1. The van der Waals surface area contributed by atoms with Gasteiger partial charge in [-0.15, -0.1) is 0 Å². The zero-order valence-electron chi connectivity index (χ0n) is 15.2. The molecule has 0 saturated carbocycles. The minimum Gasteiger partial charge on any atom is -0.353 e. The summed E-state index contributed by atoms with van der Waals surface area (Å²) in [5.41, 5.74) is 2.99. The van der Waals surface area contributed by atoms with E-state index in [2.05, 4.69) is 20.3 Å². The van der Waals surface area contributed by atoms with Crippen molar-refractivity contribution in [2.45, 2.75) is 37.6 Å². The highest BCUT2D eigenvalue weighted by Gasteiger charge is 2.27. The van der Waals surface area contributed by atoms with Gasteiger partial charge in [-0.3, -0.25) is 4.90 Å². The molecule has 0 amide bonds. The Hall–Kier alpha value is -1.63. The second-order valence-corrected chi connectivity index (χ2v) is 8.66. The van der Waals surface area contributed by atoms with Crippen molar-refractivity contribution in [2.75, 3.05) is 19.6 Å². The van der Waals surface area contributed by atoms with E-state index in [1.807, 2.05) is 45.3 Å². The van der Waals surface area contributed by atoms with E-state index in [0.29, 0.717) is 11.4 Å². The number of aromatic nitrogens is 1. The predicted octanol–water partition coefficient (Wildman–Crippen LogP) is 2.76. The first kappa shape index (κ1) is 18.2. The fourth-order valence-electron chi connectivity index (χ4n) is 3.66. The topological polar surface area (TPSA) is 54.3 Å². The van der Waals surface area contributed by atoms with Gasteiger partial charge < -0.3 is 4.57 Å². The van der Waals surface area contributed by atoms with Crippen LogP contribution in [0.25, 0.3) is 0 Å². The monoisotopic (exact) mass is 361 g/mol. The number of nitrogens with zero attached hydrogens (tertiary/aromatic N) is 2. The predicted molar refractivity (Wildman–Crippen MR) is 100 cm³/mol. The highest BCUT2D eigenvalue weighted by atomic mass is 32.2. The number of rotatable bonds is 6. The lowest BCUT2D eigenvalue weighted by atomic mass is 10.2. The van der Waals surface area contributed by atoms with Gasteiger partial charge in [0.25, 0.3) is 0 Å². The third kappa shape index (κ3) is 3.97. The number of benzene rings is 1. The van der Waals surface area contributed by atoms with E-state index in [-0.39, 0.29) is 6.04 Å². The Bertz CT molecular complexity index is 836. The van der Waals surface area contributed by atoms with Crippen molar-refractivity contribution in [3.8, 4) is 0 Å². The standard InChI is InChI=1S/C19H27N3O2S/c1-15-8-9-19(16(2)13-15)25(23,24)20-14-18(22-11-4-5-12-22)17-7-6-10-21(17)3/h6-10,13,18,20H,4-5,11-12,14H2,1-3H3. The van der Waals surface area contributed by atoms with Gasteiger partial charge in [-0.25, -0.2) is 13.1 Å². The van der Waals surface area contributed by atoms with Gasteiger partial charge in [0.1, 0.15) is 0 Å². The van der Waals surface area contributed by atoms with Crippen LogP contribution in [0.5, 0.6) is 0 Å². The summed E-state index contributed by atoms with van der Waals surface area (Å²) >= 11 is 0. The molecule has 0 aliphatic carbocycles. The summed E-state index contributed by atoms with van der Waals surface area (Å²) in [4.78, 5) is 2.74. The molecule has 1 saturated heterocycles. The highest BCUT2D eigenvalue weighted by molar-refractivity contribution is 7.89. The molecule has 5 nitrogen and oxygen atoms in total. The van der Waals surface area contributed by atoms with Crippen LogP contribution in [0.1, 0.15) is 35.7 Å². The second kappa shape index (κ2) is 7.32. The van der Waals surface area contributed by atoms with Crippen LogP contribution in [0, 0.1) is 13.8 Å². The second-order valence-electron chi connectivity index (χ2n) is 6.92. The minimum absolute atomic E-state index is 0.0584. The fraction of sp³-hybridized carbons (Fsp3) is 0.474. The Morgan fingerprint density at radius 2 is 1.88 bits per heavy atom. The summed E-state index contributed by atoms with van der Waals surface area (Å²) < 4.78 is 30.5. The largest absolute Gasteiger partial charge is 0.353 e. The molecule has 1 aliphatic rings. The average Bonchev–Trinajstić information content (AvgIpc) is 3.20. The third-order valence-corrected chi connectivity index (χ3v) is 6.58. The molecule has 6 heteroatoms. The van der Waals surface area contributed by atoms with E-state index in [1.165, 1.54) is 12.8 Å². The zero-order chi connectivity index (χ0) is 18.0. The Morgan fingerprint density at radius 3 is 2.48 bits per heavy atom. The van der Waals surface area contributed by atoms with Gasteiger partial charge in [0.05, 0.1) is 10.9 Å². The molecule has 1 unspecified atom stereocenters. The lowest BCUT2D eigenvalue weighted by molar-refractivity contribution is 0.238. The maximum absolute atomic E-state index is 12.8. The molecular formula is C19H27N3O2S. The first-order chi connectivity index (χ1) is 11.9. The van der Waals surface area contributed by atoms with Crippen LogP contribution in [0.2, 0.25) is 0 Å². The molecule has 2 aromatic rings. The number of likely N-dealkylation sites (tertiary alicyclic amines) is 1. The molecule has 1 atom stereocenters. The van der Waals surface area contributed by atoms with Crippen molar-refractivity contribution in [1.82, 2.24) is 14.2 Å². The smallest absolute Gasteiger partial charge is 0.240 e. The molecule has 1 aliphatic heterocycles. The van der Waals surface area contributed by atoms with Crippen molar-refractivity contribution in [2.24, 2.45) is 7.05 Å². The number of hydrogen-bond donors (Lipinski definition) is 1. The Labute approximate surface area is 150 Å². The van der Waals surface area contributed by atoms with Gasteiger partial charge in [-0.05, 0) is 63.5 Å². The van der Waals surface area contributed by atoms with Crippen molar-refractivity contribution in [3.63, 3.8) is 0 Å². The van der Waals surface area contributed by atoms with Crippen molar-refractivity contribution >= 4 is 10.0 Å². The van der Waals surface area contributed by atoms with Crippen LogP contribution < -0.4 is 4.72 Å². The molecule has 1 N–H and O–H groups in total. The molecule has 2 heterocycles. The summed E-state index contributed by atoms with van der Waals surface area (Å²) in [5, 5.41) is 0. The molecule has 0 spiro atoms. The molecule has 0 radical (unpaired) electrons. The molecule has 0 bridgehead atoms. The van der Waals surface area contributed by atoms with Gasteiger partial charge in [0.15, 0.2) is 0 Å². The van der Waals surface area contributed by atoms with Crippen LogP contribution in [-0.4, -0.2) is 37.5 Å². The van der Waals surface area contributed by atoms with Crippen molar-refractivity contribution in [3.05, 3.63) is 53.3 Å². The first-order valence-corrected chi connectivity index (χ1v) is 10.3. The normalized spacial score (nSPS) is 17.1. The lowest BCUT2D eigenvalue weighted by Crippen LogP contribution is -2.37. The Morgan fingerprint density at radius 1 is 1.16 bits per heavy atom. The van der Waals surface area contributed by atoms with Crippen molar-refractivity contribution < 1.29 is 8.42 Å². The van der Waals surface area contributed by atoms with Gasteiger partial charge in [-0.2, -0.15) is 0 Å². The summed E-state index contributed by atoms with van der Waals surface area (Å²) in [6.45, 7) is 6.22. The van der Waals surface area contributed by atoms with Gasteiger partial charge in [-0.1, -0.05) is 17.7 Å². The molecule has 1 aromatic carbocycles. The Kier molecular flexibility index (Phi) is 5.32. The summed E-state index contributed by atoms with van der Waals surface area (Å²) in [7, 11) is -1.51. The quantitative estimate of drug-likeness (QED) is 0.861. The van der Waals surface area contributed by atoms with Crippen LogP contribution in [-0.2, 0) is 17.1 Å². The average molecular weight is 362 g/mol. The van der Waals surface area contributed by atoms with Crippen LogP contribution >= 0.6 is 0 Å². The Balaban J connectivity index is 1.81. The van der Waals surface area contributed by atoms with Crippen LogP contribution in [0.4, 0.5) is 0 Å². The van der Waals surface area contributed by atoms with Gasteiger partial charge >= 0.3 is 0 Å². The van der Waals surface area contributed by atoms with Gasteiger partial charge in [0.2, 0.25) is 10.0 Å². The van der Waals surface area contributed by atoms with E-state index >= 15 is 0 Å². The highest BCUT2D eigenvalue weighted by Crippen LogP contribution is 2.25. The summed E-state index contributed by atoms with van der Waals surface area (Å²) in [5.74, 6) is 0. The maximum atomic E-state index is 12.8. The van der Waals surface area contributed by atoms with E-state index in [0.717, 1.165) is 29.9 Å². The van der Waals surface area contributed by atoms with E-state index in [9.17, 15) is 8.42 Å². The lowest BCUT2D eigenvalue weighted by Gasteiger charge is -2.28. The van der Waals surface area contributed by atoms with Crippen LogP contribution in [0.15, 0.2) is 41.4 Å². The number of aryl methyl sites for hydroxylation is 3. The fourth-order valence-corrected chi connectivity index (χ4v) is 4.92. The summed E-state index contributed by atoms with van der Waals surface area (Å²) in [6.07, 6.45) is 4.35. The number of hydrogen-bond acceptors (Lipinski definition) is 3. The molecule has 1 fully saturated rings. The summed E-state index contributed by atoms with van der Waals surface area (Å²) in [6, 6.07) is 9.59. The first-order valence-electron chi connectivity index (χ1n) is 8.81. The molecule has 136 valence electrons. The molecule has 1 aromatic heterocycles. The third-order valence-electron chi connectivity index (χ3n) is 4.99. The van der Waals surface area contributed by atoms with E-state index in [1.54, 1.807) is 6.07 Å². The van der Waals surface area contributed by atoms with E-state index < -0.39 is 10.0 Å². The van der Waals surface area contributed by atoms with E-state index in [4.69, 9.17) is 0 Å².